The van der Waals surface area contributed by atoms with Gasteiger partial charge in [0.15, 0.2) is 0 Å². The Morgan fingerprint density at radius 1 is 1.31 bits per heavy atom. The van der Waals surface area contributed by atoms with Gasteiger partial charge in [0, 0.05) is 21.1 Å². The highest BCUT2D eigenvalue weighted by Crippen LogP contribution is 2.21. The zero-order chi connectivity index (χ0) is 12.5. The quantitative estimate of drug-likeness (QED) is 0.681. The van der Waals surface area contributed by atoms with Crippen LogP contribution in [0.2, 0.25) is 0 Å². The van der Waals surface area contributed by atoms with E-state index in [1.807, 2.05) is 0 Å². The van der Waals surface area contributed by atoms with E-state index in [1.165, 1.54) is 21.1 Å². The van der Waals surface area contributed by atoms with Crippen LogP contribution in [0, 0.1) is 5.92 Å². The number of likely N-dealkylation sites (N-methyl/N-ethyl adjacent to an activating group) is 1. The third-order valence-electron chi connectivity index (χ3n) is 2.66. The summed E-state index contributed by atoms with van der Waals surface area (Å²) in [5.74, 6) is -1.84. The van der Waals surface area contributed by atoms with E-state index in [4.69, 9.17) is 9.84 Å². The molecule has 0 radical (unpaired) electrons. The van der Waals surface area contributed by atoms with E-state index in [9.17, 15) is 13.2 Å². The second-order valence-electron chi connectivity index (χ2n) is 3.86. The number of carboxylic acids is 1. The molecule has 0 aromatic carbocycles. The first-order chi connectivity index (χ1) is 7.28. The van der Waals surface area contributed by atoms with Crippen molar-refractivity contribution in [2.75, 3.05) is 34.4 Å². The van der Waals surface area contributed by atoms with Gasteiger partial charge in [-0.25, -0.2) is 0 Å². The Bertz CT molecular complexity index is 367. The molecule has 1 N–H and O–H groups in total. The molecular weight excluding hydrogens is 236 g/mol. The van der Waals surface area contributed by atoms with Crippen LogP contribution in [0.3, 0.4) is 0 Å². The van der Waals surface area contributed by atoms with Gasteiger partial charge in [-0.05, 0) is 0 Å². The Hall–Kier alpha value is -0.700. The lowest BCUT2D eigenvalue weighted by molar-refractivity contribution is -0.142. The molecule has 0 bridgehead atoms. The van der Waals surface area contributed by atoms with Gasteiger partial charge in [0.2, 0.25) is 0 Å². The summed E-state index contributed by atoms with van der Waals surface area (Å²) < 4.78 is 30.7. The molecule has 94 valence electrons. The molecule has 1 rings (SSSR count). The molecule has 2 unspecified atom stereocenters. The number of rotatable bonds is 4. The van der Waals surface area contributed by atoms with Crippen molar-refractivity contribution in [2.45, 2.75) is 6.04 Å². The number of ether oxygens (including phenoxy) is 1. The molecule has 0 aliphatic carbocycles. The molecule has 1 aliphatic rings. The van der Waals surface area contributed by atoms with Gasteiger partial charge >= 0.3 is 5.97 Å². The maximum Gasteiger partial charge on any atom is 0.310 e. The first-order valence-electron chi connectivity index (χ1n) is 4.74. The molecule has 1 aliphatic heterocycles. The molecule has 1 saturated heterocycles. The minimum Gasteiger partial charge on any atom is -0.481 e. The van der Waals surface area contributed by atoms with Crippen LogP contribution >= 0.6 is 0 Å². The molecular formula is C8H16N2O5S. The van der Waals surface area contributed by atoms with E-state index < -0.39 is 28.1 Å². The number of carboxylic acid groups (broad SMARTS) is 1. The van der Waals surface area contributed by atoms with Crippen LogP contribution in [0.1, 0.15) is 0 Å². The predicted molar refractivity (Wildman–Crippen MR) is 56.1 cm³/mol. The fourth-order valence-electron chi connectivity index (χ4n) is 1.57. The number of hydrogen-bond acceptors (Lipinski definition) is 4. The average molecular weight is 252 g/mol. The molecule has 8 heteroatoms. The van der Waals surface area contributed by atoms with Gasteiger partial charge in [-0.2, -0.15) is 17.0 Å². The lowest BCUT2D eigenvalue weighted by Crippen LogP contribution is -2.48. The van der Waals surface area contributed by atoms with E-state index in [2.05, 4.69) is 0 Å². The van der Waals surface area contributed by atoms with E-state index in [0.717, 1.165) is 8.61 Å². The molecule has 0 spiro atoms. The second kappa shape index (κ2) is 4.66. The second-order valence-corrected chi connectivity index (χ2v) is 6.06. The summed E-state index contributed by atoms with van der Waals surface area (Å²) in [5.41, 5.74) is 0. The number of aliphatic carboxylic acids is 1. The first kappa shape index (κ1) is 13.4. The van der Waals surface area contributed by atoms with Crippen molar-refractivity contribution in [3.8, 4) is 0 Å². The van der Waals surface area contributed by atoms with Gasteiger partial charge < -0.3 is 9.84 Å². The van der Waals surface area contributed by atoms with E-state index in [-0.39, 0.29) is 13.2 Å². The molecule has 7 nitrogen and oxygen atoms in total. The van der Waals surface area contributed by atoms with E-state index in [0.29, 0.717) is 0 Å². The zero-order valence-corrected chi connectivity index (χ0v) is 10.3. The van der Waals surface area contributed by atoms with Crippen molar-refractivity contribution in [3.05, 3.63) is 0 Å². The monoisotopic (exact) mass is 252 g/mol. The summed E-state index contributed by atoms with van der Waals surface area (Å²) in [7, 11) is 0.563. The Morgan fingerprint density at radius 2 is 1.88 bits per heavy atom. The largest absolute Gasteiger partial charge is 0.481 e. The third kappa shape index (κ3) is 2.34. The van der Waals surface area contributed by atoms with Gasteiger partial charge in [0.1, 0.15) is 0 Å². The number of nitrogens with zero attached hydrogens (tertiary/aromatic N) is 2. The molecule has 0 saturated carbocycles. The topological polar surface area (TPSA) is 87.2 Å². The molecule has 1 fully saturated rings. The van der Waals surface area contributed by atoms with Gasteiger partial charge in [0.05, 0.1) is 25.2 Å². The molecule has 0 amide bonds. The van der Waals surface area contributed by atoms with Crippen molar-refractivity contribution >= 4 is 16.2 Å². The molecule has 16 heavy (non-hydrogen) atoms. The molecule has 0 aromatic rings. The summed E-state index contributed by atoms with van der Waals surface area (Å²) in [4.78, 5) is 10.9. The van der Waals surface area contributed by atoms with Crippen LogP contribution in [-0.4, -0.2) is 68.5 Å². The zero-order valence-electron chi connectivity index (χ0n) is 9.45. The highest BCUT2D eigenvalue weighted by atomic mass is 32.2. The van der Waals surface area contributed by atoms with Gasteiger partial charge in [0.25, 0.3) is 10.2 Å². The van der Waals surface area contributed by atoms with Crippen LogP contribution in [0.25, 0.3) is 0 Å². The highest BCUT2D eigenvalue weighted by molar-refractivity contribution is 7.86. The van der Waals surface area contributed by atoms with Crippen LogP contribution in [0.15, 0.2) is 0 Å². The van der Waals surface area contributed by atoms with Gasteiger partial charge in [-0.15, -0.1) is 0 Å². The summed E-state index contributed by atoms with van der Waals surface area (Å²) >= 11 is 0. The number of carbonyl (C=O) groups is 1. The SMILES string of the molecule is CN(C)S(=O)(=O)N(C)C1COCC1C(=O)O. The Kier molecular flexibility index (Phi) is 3.89. The van der Waals surface area contributed by atoms with Crippen LogP contribution in [0.4, 0.5) is 0 Å². The lowest BCUT2D eigenvalue weighted by Gasteiger charge is -2.27. The minimum atomic E-state index is -3.60. The van der Waals surface area contributed by atoms with Crippen LogP contribution in [0.5, 0.6) is 0 Å². The molecule has 2 atom stereocenters. The normalized spacial score (nSPS) is 26.6. The average Bonchev–Trinajstić information content (AvgIpc) is 2.64. The van der Waals surface area contributed by atoms with Crippen molar-refractivity contribution < 1.29 is 23.1 Å². The summed E-state index contributed by atoms with van der Waals surface area (Å²) in [6.45, 7) is 0.161. The summed E-state index contributed by atoms with van der Waals surface area (Å²) in [6, 6.07) is -0.648. The highest BCUT2D eigenvalue weighted by Gasteiger charge is 2.41. The maximum absolute atomic E-state index is 11.8. The first-order valence-corrected chi connectivity index (χ1v) is 6.14. The fourth-order valence-corrected chi connectivity index (χ4v) is 2.63. The summed E-state index contributed by atoms with van der Waals surface area (Å²) in [5, 5.41) is 8.92. The third-order valence-corrected chi connectivity index (χ3v) is 4.58. The Morgan fingerprint density at radius 3 is 2.31 bits per heavy atom. The maximum atomic E-state index is 11.8. The summed E-state index contributed by atoms with van der Waals surface area (Å²) in [6.07, 6.45) is 0. The predicted octanol–water partition coefficient (Wildman–Crippen LogP) is -1.18. The lowest BCUT2D eigenvalue weighted by atomic mass is 10.1. The molecule has 0 aromatic heterocycles. The fraction of sp³-hybridized carbons (Fsp3) is 0.875. The smallest absolute Gasteiger partial charge is 0.310 e. The van der Waals surface area contributed by atoms with E-state index >= 15 is 0 Å². The van der Waals surface area contributed by atoms with Crippen molar-refractivity contribution in [2.24, 2.45) is 5.92 Å². The van der Waals surface area contributed by atoms with Gasteiger partial charge in [-0.3, -0.25) is 4.79 Å². The number of hydrogen-bond donors (Lipinski definition) is 1. The van der Waals surface area contributed by atoms with Crippen LogP contribution < -0.4 is 0 Å². The van der Waals surface area contributed by atoms with E-state index in [1.54, 1.807) is 0 Å². The van der Waals surface area contributed by atoms with Gasteiger partial charge in [-0.1, -0.05) is 0 Å². The minimum absolute atomic E-state index is 0.0489. The van der Waals surface area contributed by atoms with Crippen LogP contribution in [-0.2, 0) is 19.7 Å². The van der Waals surface area contributed by atoms with Crippen molar-refractivity contribution in [1.82, 2.24) is 8.61 Å². The van der Waals surface area contributed by atoms with Crippen molar-refractivity contribution in [3.63, 3.8) is 0 Å². The van der Waals surface area contributed by atoms with Crippen molar-refractivity contribution in [1.29, 1.82) is 0 Å². The standard InChI is InChI=1S/C8H16N2O5S/c1-9(2)16(13,14)10(3)7-5-15-4-6(7)8(11)12/h6-7H,4-5H2,1-3H3,(H,11,12). The Balaban J connectivity index is 2.89. The Labute approximate surface area is 94.8 Å². The molecule has 1 heterocycles.